The van der Waals surface area contributed by atoms with Crippen LogP contribution in [0.3, 0.4) is 0 Å². The van der Waals surface area contributed by atoms with Gasteiger partial charge in [-0.05, 0) is 45.9 Å². The van der Waals surface area contributed by atoms with Crippen LogP contribution in [-0.4, -0.2) is 49.4 Å². The predicted octanol–water partition coefficient (Wildman–Crippen LogP) is 0.0391. The van der Waals surface area contributed by atoms with Gasteiger partial charge in [-0.15, -0.1) is 0 Å². The first-order valence-electron chi connectivity index (χ1n) is 5.12. The highest BCUT2D eigenvalue weighted by Gasteiger charge is 2.14. The fourth-order valence-corrected chi connectivity index (χ4v) is 1.69. The summed E-state index contributed by atoms with van der Waals surface area (Å²) in [5.41, 5.74) is 2.16. The normalized spacial score (nSPS) is 20.8. The summed E-state index contributed by atoms with van der Waals surface area (Å²) in [6, 6.07) is 0.690. The average Bonchev–Trinajstić information content (AvgIpc) is 2.15. The van der Waals surface area contributed by atoms with E-state index in [1.165, 1.54) is 25.9 Å². The number of hydrogen-bond donors (Lipinski definition) is 3. The molecule has 0 atom stereocenters. The summed E-state index contributed by atoms with van der Waals surface area (Å²) in [4.78, 5) is 2.37. The van der Waals surface area contributed by atoms with Gasteiger partial charge in [0.1, 0.15) is 0 Å². The molecule has 3 N–H and O–H groups in total. The molecule has 13 heavy (non-hydrogen) atoms. The van der Waals surface area contributed by atoms with Gasteiger partial charge in [0.25, 0.3) is 0 Å². The van der Waals surface area contributed by atoms with Crippen molar-refractivity contribution in [1.29, 1.82) is 0 Å². The summed E-state index contributed by atoms with van der Waals surface area (Å²) in [5.74, 6) is 0. The van der Waals surface area contributed by atoms with Crippen LogP contribution >= 0.6 is 0 Å². The van der Waals surface area contributed by atoms with Crippen LogP contribution in [0.25, 0.3) is 0 Å². The minimum Gasteiger partial charge on any atom is -0.317 e. The second-order valence-electron chi connectivity index (χ2n) is 3.79. The van der Waals surface area contributed by atoms with Crippen molar-refractivity contribution < 1.29 is 5.21 Å². The summed E-state index contributed by atoms with van der Waals surface area (Å²) >= 11 is 0. The smallest absolute Gasteiger partial charge is 0.0219 e. The molecule has 0 aliphatic carbocycles. The van der Waals surface area contributed by atoms with Crippen molar-refractivity contribution in [2.75, 3.05) is 33.2 Å². The molecule has 0 aromatic carbocycles. The Morgan fingerprint density at radius 2 is 2.00 bits per heavy atom. The van der Waals surface area contributed by atoms with Crippen molar-refractivity contribution >= 4 is 0 Å². The Morgan fingerprint density at radius 3 is 2.62 bits per heavy atom. The van der Waals surface area contributed by atoms with Crippen LogP contribution in [0.5, 0.6) is 0 Å². The van der Waals surface area contributed by atoms with E-state index in [1.54, 1.807) is 0 Å². The zero-order chi connectivity index (χ0) is 9.52. The van der Waals surface area contributed by atoms with E-state index in [0.717, 1.165) is 13.0 Å². The minimum atomic E-state index is 0.680. The molecular weight excluding hydrogens is 166 g/mol. The van der Waals surface area contributed by atoms with E-state index in [4.69, 9.17) is 5.21 Å². The molecule has 0 amide bonds. The van der Waals surface area contributed by atoms with Gasteiger partial charge in [-0.3, -0.25) is 0 Å². The lowest BCUT2D eigenvalue weighted by Gasteiger charge is -2.29. The first kappa shape index (κ1) is 10.9. The van der Waals surface area contributed by atoms with Crippen molar-refractivity contribution in [2.24, 2.45) is 0 Å². The topological polar surface area (TPSA) is 47.5 Å². The molecule has 0 saturated carbocycles. The molecule has 4 nitrogen and oxygen atoms in total. The molecule has 1 aliphatic heterocycles. The molecule has 1 saturated heterocycles. The van der Waals surface area contributed by atoms with Crippen molar-refractivity contribution in [3.05, 3.63) is 0 Å². The van der Waals surface area contributed by atoms with E-state index in [1.807, 2.05) is 0 Å². The highest BCUT2D eigenvalue weighted by molar-refractivity contribution is 4.75. The zero-order valence-corrected chi connectivity index (χ0v) is 8.42. The second-order valence-corrected chi connectivity index (χ2v) is 3.79. The van der Waals surface area contributed by atoms with E-state index < -0.39 is 0 Å². The Kier molecular flexibility index (Phi) is 5.31. The van der Waals surface area contributed by atoms with Crippen LogP contribution in [0.1, 0.15) is 19.3 Å². The predicted molar refractivity (Wildman–Crippen MR) is 52.9 cm³/mol. The Bertz CT molecular complexity index is 124. The molecule has 1 fully saturated rings. The Balaban J connectivity index is 1.96. The number of piperidine rings is 1. The number of nitrogens with zero attached hydrogens (tertiary/aromatic N) is 1. The van der Waals surface area contributed by atoms with Gasteiger partial charge in [0.2, 0.25) is 0 Å². The molecule has 0 bridgehead atoms. The third kappa shape index (κ3) is 4.57. The molecule has 0 spiro atoms. The lowest BCUT2D eigenvalue weighted by molar-refractivity contribution is 0.164. The summed E-state index contributed by atoms with van der Waals surface area (Å²) in [5, 5.41) is 11.9. The maximum absolute atomic E-state index is 8.35. The monoisotopic (exact) mass is 187 g/mol. The summed E-state index contributed by atoms with van der Waals surface area (Å²) in [6.45, 7) is 4.09. The number of nitrogens with one attached hydrogen (secondary N) is 2. The molecule has 0 unspecified atom stereocenters. The van der Waals surface area contributed by atoms with Crippen LogP contribution in [0, 0.1) is 0 Å². The third-order valence-corrected chi connectivity index (χ3v) is 2.62. The van der Waals surface area contributed by atoms with Gasteiger partial charge in [-0.25, -0.2) is 5.48 Å². The molecule has 1 aliphatic rings. The lowest BCUT2D eigenvalue weighted by atomic mass is 10.1. The van der Waals surface area contributed by atoms with Crippen molar-refractivity contribution in [2.45, 2.75) is 25.3 Å². The summed E-state index contributed by atoms with van der Waals surface area (Å²) < 4.78 is 0. The van der Waals surface area contributed by atoms with Crippen molar-refractivity contribution in [1.82, 2.24) is 15.7 Å². The van der Waals surface area contributed by atoms with Crippen molar-refractivity contribution in [3.63, 3.8) is 0 Å². The van der Waals surface area contributed by atoms with Crippen LogP contribution in [0.4, 0.5) is 0 Å². The first-order valence-corrected chi connectivity index (χ1v) is 5.12. The molecule has 4 heteroatoms. The van der Waals surface area contributed by atoms with Gasteiger partial charge >= 0.3 is 0 Å². The van der Waals surface area contributed by atoms with E-state index in [-0.39, 0.29) is 0 Å². The standard InChI is InChI=1S/C9H21N3O/c1-12-7-3-9(4-8-12)10-5-2-6-11-13/h9-11,13H,2-8H2,1H3. The SMILES string of the molecule is CN1CCC(NCCCNO)CC1. The van der Waals surface area contributed by atoms with Gasteiger partial charge in [0, 0.05) is 12.6 Å². The van der Waals surface area contributed by atoms with Crippen molar-refractivity contribution in [3.8, 4) is 0 Å². The van der Waals surface area contributed by atoms with Gasteiger partial charge in [-0.1, -0.05) is 0 Å². The largest absolute Gasteiger partial charge is 0.317 e. The lowest BCUT2D eigenvalue weighted by Crippen LogP contribution is -2.41. The van der Waals surface area contributed by atoms with E-state index in [2.05, 4.69) is 22.7 Å². The Morgan fingerprint density at radius 1 is 1.31 bits per heavy atom. The van der Waals surface area contributed by atoms with E-state index in [0.29, 0.717) is 12.6 Å². The van der Waals surface area contributed by atoms with Crippen LogP contribution in [0.15, 0.2) is 0 Å². The van der Waals surface area contributed by atoms with Crippen LogP contribution < -0.4 is 10.8 Å². The van der Waals surface area contributed by atoms with E-state index >= 15 is 0 Å². The molecule has 0 radical (unpaired) electrons. The quantitative estimate of drug-likeness (QED) is 0.420. The van der Waals surface area contributed by atoms with Crippen LogP contribution in [0.2, 0.25) is 0 Å². The molecule has 1 heterocycles. The number of rotatable bonds is 5. The summed E-state index contributed by atoms with van der Waals surface area (Å²) in [6.07, 6.45) is 3.49. The molecule has 1 rings (SSSR count). The van der Waals surface area contributed by atoms with Gasteiger partial charge < -0.3 is 15.4 Å². The third-order valence-electron chi connectivity index (χ3n) is 2.62. The van der Waals surface area contributed by atoms with Gasteiger partial charge in [0.15, 0.2) is 0 Å². The highest BCUT2D eigenvalue weighted by Crippen LogP contribution is 2.07. The minimum absolute atomic E-state index is 0.680. The average molecular weight is 187 g/mol. The Hall–Kier alpha value is -0.160. The van der Waals surface area contributed by atoms with Gasteiger partial charge in [0.05, 0.1) is 0 Å². The fraction of sp³-hybridized carbons (Fsp3) is 1.00. The van der Waals surface area contributed by atoms with E-state index in [9.17, 15) is 0 Å². The second kappa shape index (κ2) is 6.32. The maximum Gasteiger partial charge on any atom is 0.0219 e. The summed E-state index contributed by atoms with van der Waals surface area (Å²) in [7, 11) is 2.17. The zero-order valence-electron chi connectivity index (χ0n) is 8.42. The van der Waals surface area contributed by atoms with Crippen LogP contribution in [-0.2, 0) is 0 Å². The molecule has 0 aromatic heterocycles. The number of likely N-dealkylation sites (tertiary alicyclic amines) is 1. The fourth-order valence-electron chi connectivity index (χ4n) is 1.69. The first-order chi connectivity index (χ1) is 6.33. The molecule has 78 valence electrons. The maximum atomic E-state index is 8.35. The molecular formula is C9H21N3O. The number of hydroxylamine groups is 1. The molecule has 0 aromatic rings. The Labute approximate surface area is 80.3 Å². The van der Waals surface area contributed by atoms with Gasteiger partial charge in [-0.2, -0.15) is 0 Å². The highest BCUT2D eigenvalue weighted by atomic mass is 16.5. The number of hydrogen-bond acceptors (Lipinski definition) is 4.